The van der Waals surface area contributed by atoms with Crippen LogP contribution in [0.1, 0.15) is 29.8 Å². The van der Waals surface area contributed by atoms with Gasteiger partial charge in [-0.15, -0.1) is 0 Å². The third kappa shape index (κ3) is 1.61. The van der Waals surface area contributed by atoms with Crippen molar-refractivity contribution in [3.05, 3.63) is 34.8 Å². The lowest BCUT2D eigenvalue weighted by molar-refractivity contribution is 0.627. The largest absolute Gasteiger partial charge is 0.358 e. The highest BCUT2D eigenvalue weighted by Crippen LogP contribution is 2.30. The quantitative estimate of drug-likeness (QED) is 0.799. The van der Waals surface area contributed by atoms with Crippen molar-refractivity contribution in [3.63, 3.8) is 0 Å². The minimum absolute atomic E-state index is 0.173. The summed E-state index contributed by atoms with van der Waals surface area (Å²) in [7, 11) is 1.91. The van der Waals surface area contributed by atoms with Gasteiger partial charge < -0.3 is 10.3 Å². The maximum Gasteiger partial charge on any atom is 0.124 e. The molecule has 0 bridgehead atoms. The lowest BCUT2D eigenvalue weighted by Crippen LogP contribution is -2.12. The van der Waals surface area contributed by atoms with Gasteiger partial charge in [-0.2, -0.15) is 0 Å². The fourth-order valence-corrected chi connectivity index (χ4v) is 2.28. The third-order valence-electron chi connectivity index (χ3n) is 3.17. The predicted molar refractivity (Wildman–Crippen MR) is 65.2 cm³/mol. The highest BCUT2D eigenvalue weighted by molar-refractivity contribution is 5.87. The van der Waals surface area contributed by atoms with Crippen molar-refractivity contribution in [2.75, 3.05) is 7.05 Å². The number of hydrogen-bond acceptors (Lipinski definition) is 1. The van der Waals surface area contributed by atoms with E-state index in [0.717, 1.165) is 27.7 Å². The van der Waals surface area contributed by atoms with Gasteiger partial charge in [0.25, 0.3) is 0 Å². The lowest BCUT2D eigenvalue weighted by atomic mass is 10.0. The third-order valence-corrected chi connectivity index (χ3v) is 3.17. The van der Waals surface area contributed by atoms with Crippen LogP contribution in [0.5, 0.6) is 0 Å². The molecule has 1 unspecified atom stereocenters. The van der Waals surface area contributed by atoms with Gasteiger partial charge >= 0.3 is 0 Å². The molecule has 1 atom stereocenters. The Bertz CT molecular complexity index is 528. The zero-order chi connectivity index (χ0) is 11.9. The minimum Gasteiger partial charge on any atom is -0.358 e. The Labute approximate surface area is 94.9 Å². The van der Waals surface area contributed by atoms with Crippen LogP contribution in [-0.4, -0.2) is 12.0 Å². The molecule has 2 rings (SSSR count). The van der Waals surface area contributed by atoms with Crippen molar-refractivity contribution in [2.45, 2.75) is 26.8 Å². The number of benzene rings is 1. The molecule has 86 valence electrons. The van der Waals surface area contributed by atoms with Gasteiger partial charge in [0.05, 0.1) is 0 Å². The Hall–Kier alpha value is -1.35. The lowest BCUT2D eigenvalue weighted by Gasteiger charge is -2.10. The maximum atomic E-state index is 13.4. The average Bonchev–Trinajstić information content (AvgIpc) is 2.54. The van der Waals surface area contributed by atoms with E-state index in [4.69, 9.17) is 0 Å². The molecule has 1 aromatic carbocycles. The number of nitrogens with one attached hydrogen (secondary N) is 2. The van der Waals surface area contributed by atoms with E-state index in [1.165, 1.54) is 0 Å². The topological polar surface area (TPSA) is 27.8 Å². The van der Waals surface area contributed by atoms with Gasteiger partial charge in [0.1, 0.15) is 5.82 Å². The molecule has 0 aliphatic heterocycles. The summed E-state index contributed by atoms with van der Waals surface area (Å²) in [6.45, 7) is 6.03. The van der Waals surface area contributed by atoms with E-state index < -0.39 is 0 Å². The number of aromatic amines is 1. The molecule has 0 saturated heterocycles. The summed E-state index contributed by atoms with van der Waals surface area (Å²) in [5.41, 5.74) is 4.24. The van der Waals surface area contributed by atoms with Crippen LogP contribution in [-0.2, 0) is 0 Å². The molecule has 2 nitrogen and oxygen atoms in total. The van der Waals surface area contributed by atoms with Crippen molar-refractivity contribution in [1.29, 1.82) is 0 Å². The van der Waals surface area contributed by atoms with Crippen molar-refractivity contribution < 1.29 is 4.39 Å². The first-order chi connectivity index (χ1) is 7.54. The standard InChI is InChI=1S/C13H17FN2/c1-7-5-10(14)6-11-12(8(2)15-4)9(3)16-13(7)11/h5-6,8,15-16H,1-4H3. The normalized spacial score (nSPS) is 13.3. The van der Waals surface area contributed by atoms with Gasteiger partial charge in [-0.3, -0.25) is 0 Å². The van der Waals surface area contributed by atoms with Crippen molar-refractivity contribution >= 4 is 10.9 Å². The van der Waals surface area contributed by atoms with Crippen LogP contribution in [0.25, 0.3) is 10.9 Å². The first kappa shape index (κ1) is 11.1. The number of H-pyrrole nitrogens is 1. The summed E-state index contributed by atoms with van der Waals surface area (Å²) in [5.74, 6) is -0.173. The zero-order valence-electron chi connectivity index (χ0n) is 10.1. The fourth-order valence-electron chi connectivity index (χ4n) is 2.28. The molecule has 0 amide bonds. The molecule has 1 heterocycles. The van der Waals surface area contributed by atoms with Crippen LogP contribution in [0, 0.1) is 19.7 Å². The van der Waals surface area contributed by atoms with Crippen LogP contribution in [0.3, 0.4) is 0 Å². The molecule has 1 aromatic heterocycles. The molecule has 0 spiro atoms. The van der Waals surface area contributed by atoms with Crippen LogP contribution < -0.4 is 5.32 Å². The van der Waals surface area contributed by atoms with Gasteiger partial charge in [-0.05, 0) is 51.1 Å². The summed E-state index contributed by atoms with van der Waals surface area (Å²) in [4.78, 5) is 3.33. The molecule has 2 N–H and O–H groups in total. The molecule has 0 saturated carbocycles. The van der Waals surface area contributed by atoms with E-state index in [9.17, 15) is 4.39 Å². The molecule has 16 heavy (non-hydrogen) atoms. The zero-order valence-corrected chi connectivity index (χ0v) is 10.1. The van der Waals surface area contributed by atoms with Crippen molar-refractivity contribution in [1.82, 2.24) is 10.3 Å². The Balaban J connectivity index is 2.78. The van der Waals surface area contributed by atoms with Gasteiger partial charge in [-0.25, -0.2) is 4.39 Å². The van der Waals surface area contributed by atoms with Gasteiger partial charge in [0, 0.05) is 22.6 Å². The van der Waals surface area contributed by atoms with E-state index >= 15 is 0 Å². The number of aromatic nitrogens is 1. The summed E-state index contributed by atoms with van der Waals surface area (Å²) in [5, 5.41) is 4.18. The van der Waals surface area contributed by atoms with Crippen LogP contribution >= 0.6 is 0 Å². The number of fused-ring (bicyclic) bond motifs is 1. The fraction of sp³-hybridized carbons (Fsp3) is 0.385. The molecule has 0 aliphatic carbocycles. The number of rotatable bonds is 2. The van der Waals surface area contributed by atoms with E-state index in [1.54, 1.807) is 12.1 Å². The molecule has 3 heteroatoms. The summed E-state index contributed by atoms with van der Waals surface area (Å²) in [6, 6.07) is 3.39. The SMILES string of the molecule is CNC(C)c1c(C)[nH]c2c(C)cc(F)cc12. The number of halogens is 1. The molecule has 0 radical (unpaired) electrons. The molecule has 0 fully saturated rings. The van der Waals surface area contributed by atoms with Crippen molar-refractivity contribution in [2.24, 2.45) is 0 Å². The first-order valence-electron chi connectivity index (χ1n) is 5.50. The van der Waals surface area contributed by atoms with E-state index in [1.807, 2.05) is 20.9 Å². The van der Waals surface area contributed by atoms with Crippen molar-refractivity contribution in [3.8, 4) is 0 Å². The van der Waals surface area contributed by atoms with E-state index in [-0.39, 0.29) is 11.9 Å². The van der Waals surface area contributed by atoms with Gasteiger partial charge in [0.2, 0.25) is 0 Å². The smallest absolute Gasteiger partial charge is 0.124 e. The van der Waals surface area contributed by atoms with Gasteiger partial charge in [-0.1, -0.05) is 0 Å². The predicted octanol–water partition coefficient (Wildman–Crippen LogP) is 3.20. The van der Waals surface area contributed by atoms with Crippen LogP contribution in [0.2, 0.25) is 0 Å². The Kier molecular flexibility index (Phi) is 2.72. The molecular formula is C13H17FN2. The Morgan fingerprint density at radius 2 is 2.00 bits per heavy atom. The highest BCUT2D eigenvalue weighted by atomic mass is 19.1. The minimum atomic E-state index is -0.173. The van der Waals surface area contributed by atoms with Crippen LogP contribution in [0.15, 0.2) is 12.1 Å². The highest BCUT2D eigenvalue weighted by Gasteiger charge is 2.15. The monoisotopic (exact) mass is 220 g/mol. The second kappa shape index (κ2) is 3.91. The van der Waals surface area contributed by atoms with E-state index in [2.05, 4.69) is 17.2 Å². The second-order valence-electron chi connectivity index (χ2n) is 4.32. The number of hydrogen-bond donors (Lipinski definition) is 2. The molecule has 2 aromatic rings. The first-order valence-corrected chi connectivity index (χ1v) is 5.50. The second-order valence-corrected chi connectivity index (χ2v) is 4.32. The van der Waals surface area contributed by atoms with E-state index in [0.29, 0.717) is 0 Å². The number of aryl methyl sites for hydroxylation is 2. The molecule has 0 aliphatic rings. The average molecular weight is 220 g/mol. The van der Waals surface area contributed by atoms with Crippen LogP contribution in [0.4, 0.5) is 4.39 Å². The summed E-state index contributed by atoms with van der Waals surface area (Å²) < 4.78 is 13.4. The Morgan fingerprint density at radius 1 is 1.31 bits per heavy atom. The summed E-state index contributed by atoms with van der Waals surface area (Å²) >= 11 is 0. The maximum absolute atomic E-state index is 13.4. The molecular weight excluding hydrogens is 203 g/mol. The Morgan fingerprint density at radius 3 is 2.62 bits per heavy atom. The van der Waals surface area contributed by atoms with Gasteiger partial charge in [0.15, 0.2) is 0 Å². The summed E-state index contributed by atoms with van der Waals surface area (Å²) in [6.07, 6.45) is 0.